The minimum absolute atomic E-state index is 0.0663. The largest absolute Gasteiger partial charge is 0.354 e. The number of hydrogen-bond acceptors (Lipinski definition) is 2. The van der Waals surface area contributed by atoms with E-state index in [1.165, 1.54) is 25.7 Å². The molecule has 1 fully saturated rings. The molecule has 1 amide bonds. The number of anilines is 1. The Hall–Kier alpha value is -2.04. The summed E-state index contributed by atoms with van der Waals surface area (Å²) < 4.78 is 0. The van der Waals surface area contributed by atoms with Crippen LogP contribution in [0.25, 0.3) is 0 Å². The maximum atomic E-state index is 11.7. The maximum Gasteiger partial charge on any atom is 0.224 e. The van der Waals surface area contributed by atoms with Crippen LogP contribution >= 0.6 is 0 Å². The number of hydrogen-bond donors (Lipinski definition) is 3. The molecule has 1 aliphatic carbocycles. The van der Waals surface area contributed by atoms with Crippen molar-refractivity contribution in [1.82, 2.24) is 10.6 Å². The van der Waals surface area contributed by atoms with Crippen LogP contribution in [-0.4, -0.2) is 25.0 Å². The van der Waals surface area contributed by atoms with Gasteiger partial charge in [-0.3, -0.25) is 9.79 Å². The standard InChI is InChI=1S/C20H32N4O/c1-4-6-19(25)23-18-8-5-7-16(13-18)14-22-20(21-3)24-17-11-9-15(2)10-12-17/h5,7-8,13,15,17H,4,6,9-12,14H2,1-3H3,(H,23,25)(H2,21,22,24). The average molecular weight is 345 g/mol. The molecule has 2 rings (SSSR count). The summed E-state index contributed by atoms with van der Waals surface area (Å²) in [6.45, 7) is 5.02. The van der Waals surface area contributed by atoms with Crippen LogP contribution in [-0.2, 0) is 11.3 Å². The van der Waals surface area contributed by atoms with Gasteiger partial charge >= 0.3 is 0 Å². The van der Waals surface area contributed by atoms with Crippen LogP contribution in [0.3, 0.4) is 0 Å². The van der Waals surface area contributed by atoms with Gasteiger partial charge < -0.3 is 16.0 Å². The minimum Gasteiger partial charge on any atom is -0.354 e. The van der Waals surface area contributed by atoms with E-state index in [1.54, 1.807) is 0 Å². The van der Waals surface area contributed by atoms with E-state index in [1.807, 2.05) is 32.2 Å². The zero-order valence-corrected chi connectivity index (χ0v) is 15.8. The first kappa shape index (κ1) is 19.3. The van der Waals surface area contributed by atoms with E-state index >= 15 is 0 Å². The maximum absolute atomic E-state index is 11.7. The van der Waals surface area contributed by atoms with Gasteiger partial charge in [0.25, 0.3) is 0 Å². The molecular formula is C20H32N4O. The highest BCUT2D eigenvalue weighted by Crippen LogP contribution is 2.23. The molecule has 25 heavy (non-hydrogen) atoms. The molecule has 1 aromatic carbocycles. The van der Waals surface area contributed by atoms with Crippen LogP contribution in [0.1, 0.15) is 57.9 Å². The number of nitrogens with one attached hydrogen (secondary N) is 3. The first-order valence-electron chi connectivity index (χ1n) is 9.46. The van der Waals surface area contributed by atoms with Crippen molar-refractivity contribution >= 4 is 17.6 Å². The molecular weight excluding hydrogens is 312 g/mol. The molecule has 0 bridgehead atoms. The Labute approximate surface area is 151 Å². The Morgan fingerprint density at radius 2 is 2.00 bits per heavy atom. The van der Waals surface area contributed by atoms with Crippen molar-refractivity contribution in [1.29, 1.82) is 0 Å². The van der Waals surface area contributed by atoms with Crippen LogP contribution in [0.5, 0.6) is 0 Å². The first-order valence-corrected chi connectivity index (χ1v) is 9.46. The van der Waals surface area contributed by atoms with Crippen molar-refractivity contribution in [3.63, 3.8) is 0 Å². The lowest BCUT2D eigenvalue weighted by molar-refractivity contribution is -0.116. The first-order chi connectivity index (χ1) is 12.1. The number of amides is 1. The molecule has 138 valence electrons. The molecule has 0 heterocycles. The van der Waals surface area contributed by atoms with E-state index in [2.05, 4.69) is 33.9 Å². The third-order valence-corrected chi connectivity index (χ3v) is 4.73. The fourth-order valence-corrected chi connectivity index (χ4v) is 3.19. The van der Waals surface area contributed by atoms with Gasteiger partial charge in [-0.15, -0.1) is 0 Å². The summed E-state index contributed by atoms with van der Waals surface area (Å²) in [6.07, 6.45) is 6.40. The van der Waals surface area contributed by atoms with E-state index < -0.39 is 0 Å². The Bertz CT molecular complexity index is 577. The number of benzene rings is 1. The van der Waals surface area contributed by atoms with Crippen LogP contribution in [0.2, 0.25) is 0 Å². The minimum atomic E-state index is 0.0663. The molecule has 0 unspecified atom stereocenters. The van der Waals surface area contributed by atoms with Crippen molar-refractivity contribution in [3.05, 3.63) is 29.8 Å². The molecule has 1 aromatic rings. The lowest BCUT2D eigenvalue weighted by Gasteiger charge is -2.28. The molecule has 3 N–H and O–H groups in total. The summed E-state index contributed by atoms with van der Waals surface area (Å²) in [6, 6.07) is 8.47. The van der Waals surface area contributed by atoms with E-state index in [0.717, 1.165) is 29.5 Å². The molecule has 0 saturated heterocycles. The van der Waals surface area contributed by atoms with Crippen molar-refractivity contribution in [2.24, 2.45) is 10.9 Å². The van der Waals surface area contributed by atoms with Gasteiger partial charge in [0.2, 0.25) is 5.91 Å². The van der Waals surface area contributed by atoms with E-state index in [4.69, 9.17) is 0 Å². The fraction of sp³-hybridized carbons (Fsp3) is 0.600. The zero-order valence-electron chi connectivity index (χ0n) is 15.8. The second-order valence-corrected chi connectivity index (χ2v) is 7.03. The monoisotopic (exact) mass is 344 g/mol. The predicted octanol–water partition coefficient (Wildman–Crippen LogP) is 3.67. The van der Waals surface area contributed by atoms with Gasteiger partial charge in [-0.25, -0.2) is 0 Å². The van der Waals surface area contributed by atoms with E-state index in [-0.39, 0.29) is 5.91 Å². The smallest absolute Gasteiger partial charge is 0.224 e. The van der Waals surface area contributed by atoms with Crippen molar-refractivity contribution < 1.29 is 4.79 Å². The van der Waals surface area contributed by atoms with Gasteiger partial charge in [-0.05, 0) is 55.7 Å². The molecule has 0 atom stereocenters. The second-order valence-electron chi connectivity index (χ2n) is 7.03. The molecule has 0 radical (unpaired) electrons. The van der Waals surface area contributed by atoms with Crippen LogP contribution < -0.4 is 16.0 Å². The predicted molar refractivity (Wildman–Crippen MR) is 105 cm³/mol. The summed E-state index contributed by atoms with van der Waals surface area (Å²) in [7, 11) is 1.81. The summed E-state index contributed by atoms with van der Waals surface area (Å²) in [5, 5.41) is 9.85. The summed E-state index contributed by atoms with van der Waals surface area (Å²) >= 11 is 0. The quantitative estimate of drug-likeness (QED) is 0.545. The van der Waals surface area contributed by atoms with Crippen molar-refractivity contribution in [2.75, 3.05) is 12.4 Å². The summed E-state index contributed by atoms with van der Waals surface area (Å²) in [5.74, 6) is 1.76. The zero-order chi connectivity index (χ0) is 18.1. The molecule has 0 aromatic heterocycles. The molecule has 5 heteroatoms. The summed E-state index contributed by atoms with van der Waals surface area (Å²) in [5.41, 5.74) is 1.97. The number of rotatable bonds is 6. The number of carbonyl (C=O) groups is 1. The summed E-state index contributed by atoms with van der Waals surface area (Å²) in [4.78, 5) is 16.1. The van der Waals surface area contributed by atoms with Crippen LogP contribution in [0.4, 0.5) is 5.69 Å². The molecule has 5 nitrogen and oxygen atoms in total. The Morgan fingerprint density at radius 3 is 2.68 bits per heavy atom. The molecule has 1 aliphatic rings. The highest BCUT2D eigenvalue weighted by Gasteiger charge is 2.18. The molecule has 0 aliphatic heterocycles. The van der Waals surface area contributed by atoms with Crippen LogP contribution in [0.15, 0.2) is 29.3 Å². The Balaban J connectivity index is 1.83. The second kappa shape index (κ2) is 10.1. The fourth-order valence-electron chi connectivity index (χ4n) is 3.19. The highest BCUT2D eigenvalue weighted by atomic mass is 16.1. The third kappa shape index (κ3) is 6.77. The van der Waals surface area contributed by atoms with Crippen LogP contribution in [0, 0.1) is 5.92 Å². The third-order valence-electron chi connectivity index (χ3n) is 4.73. The molecule has 0 spiro atoms. The van der Waals surface area contributed by atoms with Gasteiger partial charge in [0.15, 0.2) is 5.96 Å². The van der Waals surface area contributed by atoms with Gasteiger partial charge in [0.05, 0.1) is 0 Å². The molecule has 1 saturated carbocycles. The number of guanidine groups is 1. The lowest BCUT2D eigenvalue weighted by Crippen LogP contribution is -2.44. The number of carbonyl (C=O) groups excluding carboxylic acids is 1. The topological polar surface area (TPSA) is 65.5 Å². The van der Waals surface area contributed by atoms with Gasteiger partial charge in [0.1, 0.15) is 0 Å². The van der Waals surface area contributed by atoms with Gasteiger partial charge in [0, 0.05) is 31.7 Å². The number of aliphatic imine (C=N–C) groups is 1. The highest BCUT2D eigenvalue weighted by molar-refractivity contribution is 5.90. The van der Waals surface area contributed by atoms with Crippen molar-refractivity contribution in [2.45, 2.75) is 65.0 Å². The van der Waals surface area contributed by atoms with E-state index in [9.17, 15) is 4.79 Å². The number of nitrogens with zero attached hydrogens (tertiary/aromatic N) is 1. The Morgan fingerprint density at radius 1 is 1.24 bits per heavy atom. The van der Waals surface area contributed by atoms with Crippen molar-refractivity contribution in [3.8, 4) is 0 Å². The SMILES string of the molecule is CCCC(=O)Nc1cccc(CNC(=NC)NC2CCC(C)CC2)c1. The van der Waals surface area contributed by atoms with Gasteiger partial charge in [-0.1, -0.05) is 26.0 Å². The Kier molecular flexibility index (Phi) is 7.76. The average Bonchev–Trinajstić information content (AvgIpc) is 2.61. The lowest BCUT2D eigenvalue weighted by atomic mass is 9.87. The van der Waals surface area contributed by atoms with Gasteiger partial charge in [-0.2, -0.15) is 0 Å². The normalized spacial score (nSPS) is 20.8. The van der Waals surface area contributed by atoms with E-state index in [0.29, 0.717) is 19.0 Å².